The number of rotatable bonds is 3. The Labute approximate surface area is 113 Å². The zero-order valence-corrected chi connectivity index (χ0v) is 11.6. The second-order valence-electron chi connectivity index (χ2n) is 4.08. The summed E-state index contributed by atoms with van der Waals surface area (Å²) in [5.74, 6) is 0.839. The molecule has 1 atom stereocenters. The van der Waals surface area contributed by atoms with Crippen molar-refractivity contribution in [3.63, 3.8) is 0 Å². The molecule has 0 fully saturated rings. The monoisotopic (exact) mass is 267 g/mol. The molecule has 4 nitrogen and oxygen atoms in total. The van der Waals surface area contributed by atoms with Crippen molar-refractivity contribution in [1.29, 1.82) is 0 Å². The van der Waals surface area contributed by atoms with Gasteiger partial charge in [-0.1, -0.05) is 0 Å². The second-order valence-corrected chi connectivity index (χ2v) is 4.08. The molecular weight excluding hydrogens is 250 g/mol. The topological polar surface area (TPSA) is 53.1 Å². The van der Waals surface area contributed by atoms with Crippen molar-refractivity contribution in [2.75, 3.05) is 7.11 Å². The Kier molecular flexibility index (Phi) is 4.76. The lowest BCUT2D eigenvalue weighted by atomic mass is 10.1. The molecule has 98 valence electrons. The van der Waals surface area contributed by atoms with Crippen LogP contribution in [-0.4, -0.2) is 16.9 Å². The van der Waals surface area contributed by atoms with Crippen LogP contribution in [0.2, 0.25) is 0 Å². The highest BCUT2D eigenvalue weighted by Gasteiger charge is 2.10. The normalized spacial score (nSPS) is 11.8. The van der Waals surface area contributed by atoms with Crippen LogP contribution in [0.3, 0.4) is 0 Å². The number of ether oxygens (including phenoxy) is 1. The Morgan fingerprint density at radius 3 is 2.33 bits per heavy atom. The van der Waals surface area contributed by atoms with Crippen LogP contribution < -0.4 is 10.5 Å². The van der Waals surface area contributed by atoms with Gasteiger partial charge in [0.15, 0.2) is 0 Å². The van der Waals surface area contributed by atoms with E-state index in [1.807, 2.05) is 49.0 Å². The molecule has 0 aliphatic heterocycles. The first-order valence-corrected chi connectivity index (χ1v) is 5.58. The molecule has 1 unspecified atom stereocenters. The maximum absolute atomic E-state index is 5.88. The Balaban J connectivity index is 0.00000162. The first kappa shape index (κ1) is 14.5. The summed E-state index contributed by atoms with van der Waals surface area (Å²) in [6.07, 6.45) is 1.82. The Hall–Kier alpha value is -1.52. The zero-order valence-electron chi connectivity index (χ0n) is 10.8. The predicted octanol–water partition coefficient (Wildman–Crippen LogP) is 2.63. The van der Waals surface area contributed by atoms with E-state index in [0.717, 1.165) is 22.7 Å². The van der Waals surface area contributed by atoms with Gasteiger partial charge in [0.25, 0.3) is 0 Å². The molecule has 0 amide bonds. The van der Waals surface area contributed by atoms with Crippen molar-refractivity contribution in [3.05, 3.63) is 41.7 Å². The average Bonchev–Trinajstić information content (AvgIpc) is 2.71. The molecule has 1 aromatic carbocycles. The number of benzene rings is 1. The minimum atomic E-state index is 0. The third kappa shape index (κ3) is 2.66. The molecule has 0 aliphatic carbocycles. The summed E-state index contributed by atoms with van der Waals surface area (Å²) in [5.41, 5.74) is 9.03. The van der Waals surface area contributed by atoms with E-state index < -0.39 is 0 Å². The fraction of sp³-hybridized carbons (Fsp3) is 0.308. The predicted molar refractivity (Wildman–Crippen MR) is 74.7 cm³/mol. The van der Waals surface area contributed by atoms with Gasteiger partial charge in [-0.15, -0.1) is 12.4 Å². The van der Waals surface area contributed by atoms with E-state index in [9.17, 15) is 0 Å². The number of methoxy groups -OCH3 is 1. The summed E-state index contributed by atoms with van der Waals surface area (Å²) in [5, 5.41) is 4.36. The highest BCUT2D eigenvalue weighted by molar-refractivity contribution is 5.85. The van der Waals surface area contributed by atoms with E-state index in [0.29, 0.717) is 0 Å². The van der Waals surface area contributed by atoms with E-state index in [2.05, 4.69) is 5.10 Å². The molecule has 1 heterocycles. The molecule has 1 aromatic heterocycles. The fourth-order valence-electron chi connectivity index (χ4n) is 1.85. The molecule has 0 radical (unpaired) electrons. The molecule has 0 saturated heterocycles. The maximum Gasteiger partial charge on any atom is 0.119 e. The van der Waals surface area contributed by atoms with Crippen molar-refractivity contribution >= 4 is 12.4 Å². The molecular formula is C13H18ClN3O. The van der Waals surface area contributed by atoms with Crippen LogP contribution in [0.5, 0.6) is 5.75 Å². The quantitative estimate of drug-likeness (QED) is 0.930. The lowest BCUT2D eigenvalue weighted by molar-refractivity contribution is 0.414. The minimum Gasteiger partial charge on any atom is -0.497 e. The first-order valence-electron chi connectivity index (χ1n) is 5.58. The molecule has 0 spiro atoms. The van der Waals surface area contributed by atoms with Crippen molar-refractivity contribution in [1.82, 2.24) is 9.78 Å². The molecule has 0 aliphatic rings. The lowest BCUT2D eigenvalue weighted by Crippen LogP contribution is -2.07. The fourth-order valence-corrected chi connectivity index (χ4v) is 1.85. The van der Waals surface area contributed by atoms with Gasteiger partial charge in [-0.05, 0) is 38.1 Å². The van der Waals surface area contributed by atoms with Crippen molar-refractivity contribution in [3.8, 4) is 11.4 Å². The van der Waals surface area contributed by atoms with Crippen LogP contribution in [0, 0.1) is 6.92 Å². The summed E-state index contributed by atoms with van der Waals surface area (Å²) in [6.45, 7) is 3.98. The van der Waals surface area contributed by atoms with Gasteiger partial charge < -0.3 is 10.5 Å². The highest BCUT2D eigenvalue weighted by Crippen LogP contribution is 2.20. The smallest absolute Gasteiger partial charge is 0.119 e. The third-order valence-corrected chi connectivity index (χ3v) is 2.86. The van der Waals surface area contributed by atoms with Crippen molar-refractivity contribution in [2.24, 2.45) is 5.73 Å². The zero-order chi connectivity index (χ0) is 12.4. The number of nitrogens with two attached hydrogens (primary N) is 1. The van der Waals surface area contributed by atoms with Gasteiger partial charge in [0.2, 0.25) is 0 Å². The standard InChI is InChI=1S/C13H17N3O.ClH/c1-9(14)13-8-15-16(10(13)2)11-4-6-12(17-3)7-5-11;/h4-9H,14H2,1-3H3;1H. The summed E-state index contributed by atoms with van der Waals surface area (Å²) in [4.78, 5) is 0. The highest BCUT2D eigenvalue weighted by atomic mass is 35.5. The molecule has 0 bridgehead atoms. The van der Waals surface area contributed by atoms with Crippen molar-refractivity contribution < 1.29 is 4.74 Å². The van der Waals surface area contributed by atoms with E-state index >= 15 is 0 Å². The molecule has 5 heteroatoms. The van der Waals surface area contributed by atoms with E-state index in [1.54, 1.807) is 7.11 Å². The van der Waals surface area contributed by atoms with Gasteiger partial charge >= 0.3 is 0 Å². The Bertz CT molecular complexity index is 505. The van der Waals surface area contributed by atoms with Crippen LogP contribution in [0.25, 0.3) is 5.69 Å². The van der Waals surface area contributed by atoms with E-state index in [4.69, 9.17) is 10.5 Å². The molecule has 18 heavy (non-hydrogen) atoms. The molecule has 0 saturated carbocycles. The third-order valence-electron chi connectivity index (χ3n) is 2.86. The number of halogens is 1. The van der Waals surface area contributed by atoms with Crippen LogP contribution in [0.4, 0.5) is 0 Å². The van der Waals surface area contributed by atoms with Crippen LogP contribution in [-0.2, 0) is 0 Å². The number of aromatic nitrogens is 2. The maximum atomic E-state index is 5.88. The first-order chi connectivity index (χ1) is 8.13. The second kappa shape index (κ2) is 5.89. The van der Waals surface area contributed by atoms with E-state index in [-0.39, 0.29) is 18.4 Å². The van der Waals surface area contributed by atoms with Gasteiger partial charge in [-0.25, -0.2) is 4.68 Å². The van der Waals surface area contributed by atoms with E-state index in [1.165, 1.54) is 0 Å². The molecule has 2 rings (SSSR count). The largest absolute Gasteiger partial charge is 0.497 e. The van der Waals surface area contributed by atoms with Gasteiger partial charge in [-0.2, -0.15) is 5.10 Å². The number of hydrogen-bond donors (Lipinski definition) is 1. The van der Waals surface area contributed by atoms with Crippen LogP contribution in [0.15, 0.2) is 30.5 Å². The summed E-state index contributed by atoms with van der Waals surface area (Å²) in [7, 11) is 1.66. The SMILES string of the molecule is COc1ccc(-n2ncc(C(C)N)c2C)cc1.Cl. The number of hydrogen-bond acceptors (Lipinski definition) is 3. The van der Waals surface area contributed by atoms with Gasteiger partial charge in [0, 0.05) is 17.3 Å². The lowest BCUT2D eigenvalue weighted by Gasteiger charge is -2.08. The summed E-state index contributed by atoms with van der Waals surface area (Å²) in [6, 6.07) is 7.79. The van der Waals surface area contributed by atoms with Crippen LogP contribution >= 0.6 is 12.4 Å². The van der Waals surface area contributed by atoms with Gasteiger partial charge in [-0.3, -0.25) is 0 Å². The summed E-state index contributed by atoms with van der Waals surface area (Å²) >= 11 is 0. The van der Waals surface area contributed by atoms with Crippen LogP contribution in [0.1, 0.15) is 24.2 Å². The number of nitrogens with zero attached hydrogens (tertiary/aromatic N) is 2. The average molecular weight is 268 g/mol. The molecule has 2 aromatic rings. The Morgan fingerprint density at radius 2 is 1.89 bits per heavy atom. The Morgan fingerprint density at radius 1 is 1.28 bits per heavy atom. The van der Waals surface area contributed by atoms with Crippen molar-refractivity contribution in [2.45, 2.75) is 19.9 Å². The minimum absolute atomic E-state index is 0. The van der Waals surface area contributed by atoms with Gasteiger partial charge in [0.05, 0.1) is 19.0 Å². The van der Waals surface area contributed by atoms with Gasteiger partial charge in [0.1, 0.15) is 5.75 Å². The summed E-state index contributed by atoms with van der Waals surface area (Å²) < 4.78 is 7.02. The molecule has 2 N–H and O–H groups in total.